The highest BCUT2D eigenvalue weighted by molar-refractivity contribution is 14.0. The van der Waals surface area contributed by atoms with E-state index in [1.54, 1.807) is 7.05 Å². The summed E-state index contributed by atoms with van der Waals surface area (Å²) in [7, 11) is 1.79. The molecule has 1 unspecified atom stereocenters. The Labute approximate surface area is 127 Å². The maximum absolute atomic E-state index is 4.15. The van der Waals surface area contributed by atoms with Crippen LogP contribution in [0, 0.1) is 6.92 Å². The zero-order valence-corrected chi connectivity index (χ0v) is 14.0. The van der Waals surface area contributed by atoms with Crippen LogP contribution in [0.3, 0.4) is 0 Å². The fourth-order valence-corrected chi connectivity index (χ4v) is 1.65. The third kappa shape index (κ3) is 5.71. The van der Waals surface area contributed by atoms with Crippen LogP contribution in [0.2, 0.25) is 0 Å². The Bertz CT molecular complexity index is 360. The van der Waals surface area contributed by atoms with Gasteiger partial charge in [-0.15, -0.1) is 24.0 Å². The Hall–Kier alpha value is -0.780. The lowest BCUT2D eigenvalue weighted by Gasteiger charge is -2.15. The largest absolute Gasteiger partial charge is 0.357 e. The lowest BCUT2D eigenvalue weighted by Crippen LogP contribution is -2.38. The summed E-state index contributed by atoms with van der Waals surface area (Å²) in [6.45, 7) is 8.17. The monoisotopic (exact) mass is 361 g/mol. The molecule has 2 N–H and O–H groups in total. The van der Waals surface area contributed by atoms with E-state index in [0.717, 1.165) is 19.0 Å². The summed E-state index contributed by atoms with van der Waals surface area (Å²) in [5.74, 6) is 1.34. The number of nitrogens with one attached hydrogen (secondary N) is 2. The maximum atomic E-state index is 4.15. The summed E-state index contributed by atoms with van der Waals surface area (Å²) in [6, 6.07) is 8.70. The van der Waals surface area contributed by atoms with Gasteiger partial charge in [-0.1, -0.05) is 36.8 Å². The van der Waals surface area contributed by atoms with Gasteiger partial charge in [0, 0.05) is 20.1 Å². The molecule has 0 bridgehead atoms. The minimum atomic E-state index is 0. The average molecular weight is 361 g/mol. The van der Waals surface area contributed by atoms with E-state index in [4.69, 9.17) is 0 Å². The number of benzene rings is 1. The molecule has 0 aliphatic heterocycles. The number of aryl methyl sites for hydroxylation is 1. The zero-order valence-electron chi connectivity index (χ0n) is 11.7. The highest BCUT2D eigenvalue weighted by Gasteiger charge is 2.05. The van der Waals surface area contributed by atoms with Crippen molar-refractivity contribution in [3.8, 4) is 0 Å². The van der Waals surface area contributed by atoms with Crippen molar-refractivity contribution in [1.29, 1.82) is 0 Å². The van der Waals surface area contributed by atoms with Crippen LogP contribution < -0.4 is 10.6 Å². The topological polar surface area (TPSA) is 36.4 Å². The van der Waals surface area contributed by atoms with E-state index in [1.165, 1.54) is 11.1 Å². The number of hydrogen-bond acceptors (Lipinski definition) is 1. The van der Waals surface area contributed by atoms with Crippen molar-refractivity contribution in [1.82, 2.24) is 10.6 Å². The highest BCUT2D eigenvalue weighted by atomic mass is 127. The van der Waals surface area contributed by atoms with Gasteiger partial charge in [0.05, 0.1) is 0 Å². The summed E-state index contributed by atoms with van der Waals surface area (Å²) >= 11 is 0. The van der Waals surface area contributed by atoms with Crippen LogP contribution in [0.4, 0.5) is 0 Å². The van der Waals surface area contributed by atoms with E-state index in [2.05, 4.69) is 60.7 Å². The first kappa shape index (κ1) is 17.2. The maximum Gasteiger partial charge on any atom is 0.190 e. The molecule has 0 aromatic heterocycles. The normalized spacial score (nSPS) is 12.6. The van der Waals surface area contributed by atoms with Crippen molar-refractivity contribution >= 4 is 29.9 Å². The zero-order chi connectivity index (χ0) is 12.7. The molecule has 0 saturated heterocycles. The van der Waals surface area contributed by atoms with Crippen molar-refractivity contribution in [2.75, 3.05) is 20.1 Å². The van der Waals surface area contributed by atoms with Crippen LogP contribution in [0.5, 0.6) is 0 Å². The van der Waals surface area contributed by atoms with E-state index in [1.807, 2.05) is 0 Å². The van der Waals surface area contributed by atoms with E-state index >= 15 is 0 Å². The number of nitrogens with zero attached hydrogens (tertiary/aromatic N) is 1. The molecule has 3 nitrogen and oxygen atoms in total. The summed E-state index contributed by atoms with van der Waals surface area (Å²) in [5.41, 5.74) is 2.66. The van der Waals surface area contributed by atoms with Gasteiger partial charge >= 0.3 is 0 Å². The summed E-state index contributed by atoms with van der Waals surface area (Å²) in [5, 5.41) is 6.51. The Morgan fingerprint density at radius 1 is 1.22 bits per heavy atom. The average Bonchev–Trinajstić information content (AvgIpc) is 2.35. The van der Waals surface area contributed by atoms with Crippen LogP contribution in [0.25, 0.3) is 0 Å². The molecule has 4 heteroatoms. The van der Waals surface area contributed by atoms with E-state index in [-0.39, 0.29) is 24.0 Å². The molecular weight excluding hydrogens is 337 g/mol. The molecule has 1 aromatic rings. The Morgan fingerprint density at radius 2 is 1.83 bits per heavy atom. The SMILES string of the molecule is CCNC(=NC)NCC(C)c1ccc(C)cc1.I. The summed E-state index contributed by atoms with van der Waals surface area (Å²) in [6.07, 6.45) is 0. The molecular formula is C14H24IN3. The number of hydrogen-bond donors (Lipinski definition) is 2. The second-order valence-corrected chi connectivity index (χ2v) is 4.30. The summed E-state index contributed by atoms with van der Waals surface area (Å²) < 4.78 is 0. The van der Waals surface area contributed by atoms with Crippen molar-refractivity contribution in [2.45, 2.75) is 26.7 Å². The number of guanidine groups is 1. The lowest BCUT2D eigenvalue weighted by molar-refractivity contribution is 0.702. The number of rotatable bonds is 4. The quantitative estimate of drug-likeness (QED) is 0.492. The molecule has 0 radical (unpaired) electrons. The van der Waals surface area contributed by atoms with Gasteiger partial charge < -0.3 is 10.6 Å². The first-order valence-electron chi connectivity index (χ1n) is 6.18. The second-order valence-electron chi connectivity index (χ2n) is 4.30. The molecule has 0 fully saturated rings. The number of halogens is 1. The second kappa shape index (κ2) is 9.19. The van der Waals surface area contributed by atoms with Gasteiger partial charge in [0.15, 0.2) is 5.96 Å². The molecule has 1 atom stereocenters. The Balaban J connectivity index is 0.00000289. The molecule has 0 aliphatic rings. The van der Waals surface area contributed by atoms with Gasteiger partial charge in [-0.2, -0.15) is 0 Å². The van der Waals surface area contributed by atoms with Crippen molar-refractivity contribution < 1.29 is 0 Å². The van der Waals surface area contributed by atoms with Crippen molar-refractivity contribution in [3.05, 3.63) is 35.4 Å². The van der Waals surface area contributed by atoms with Gasteiger partial charge in [0.1, 0.15) is 0 Å². The van der Waals surface area contributed by atoms with Gasteiger partial charge in [0.2, 0.25) is 0 Å². The molecule has 0 amide bonds. The third-order valence-electron chi connectivity index (χ3n) is 2.79. The smallest absolute Gasteiger partial charge is 0.190 e. The standard InChI is InChI=1S/C14H23N3.HI/c1-5-16-14(15-4)17-10-12(3)13-8-6-11(2)7-9-13;/h6-9,12H,5,10H2,1-4H3,(H2,15,16,17);1H. The van der Waals surface area contributed by atoms with E-state index in [0.29, 0.717) is 5.92 Å². The summed E-state index contributed by atoms with van der Waals surface area (Å²) in [4.78, 5) is 4.15. The third-order valence-corrected chi connectivity index (χ3v) is 2.79. The molecule has 102 valence electrons. The van der Waals surface area contributed by atoms with Gasteiger partial charge in [0.25, 0.3) is 0 Å². The first-order chi connectivity index (χ1) is 8.17. The van der Waals surface area contributed by atoms with Crippen LogP contribution in [0.15, 0.2) is 29.3 Å². The fourth-order valence-electron chi connectivity index (χ4n) is 1.65. The van der Waals surface area contributed by atoms with Gasteiger partial charge in [-0.05, 0) is 25.3 Å². The van der Waals surface area contributed by atoms with Crippen molar-refractivity contribution in [3.63, 3.8) is 0 Å². The highest BCUT2D eigenvalue weighted by Crippen LogP contribution is 2.14. The predicted molar refractivity (Wildman–Crippen MR) is 90.0 cm³/mol. The van der Waals surface area contributed by atoms with Crippen LogP contribution in [0.1, 0.15) is 30.9 Å². The number of aliphatic imine (C=N–C) groups is 1. The molecule has 1 rings (SSSR count). The lowest BCUT2D eigenvalue weighted by atomic mass is 10.0. The van der Waals surface area contributed by atoms with Crippen LogP contribution in [-0.2, 0) is 0 Å². The minimum Gasteiger partial charge on any atom is -0.357 e. The molecule has 1 aromatic carbocycles. The predicted octanol–water partition coefficient (Wildman–Crippen LogP) is 2.90. The van der Waals surface area contributed by atoms with E-state index in [9.17, 15) is 0 Å². The van der Waals surface area contributed by atoms with Crippen LogP contribution in [-0.4, -0.2) is 26.1 Å². The van der Waals surface area contributed by atoms with Gasteiger partial charge in [-0.25, -0.2) is 0 Å². The Morgan fingerprint density at radius 3 is 2.33 bits per heavy atom. The first-order valence-corrected chi connectivity index (χ1v) is 6.18. The minimum absolute atomic E-state index is 0. The van der Waals surface area contributed by atoms with E-state index < -0.39 is 0 Å². The van der Waals surface area contributed by atoms with Crippen LogP contribution >= 0.6 is 24.0 Å². The molecule has 0 saturated carbocycles. The molecule has 0 heterocycles. The fraction of sp³-hybridized carbons (Fsp3) is 0.500. The molecule has 0 spiro atoms. The Kier molecular flexibility index (Phi) is 8.79. The van der Waals surface area contributed by atoms with Crippen molar-refractivity contribution in [2.24, 2.45) is 4.99 Å². The molecule has 0 aliphatic carbocycles. The molecule has 18 heavy (non-hydrogen) atoms. The van der Waals surface area contributed by atoms with Gasteiger partial charge in [-0.3, -0.25) is 4.99 Å².